The number of halogens is 3. The summed E-state index contributed by atoms with van der Waals surface area (Å²) in [6.07, 6.45) is 0. The predicted octanol–water partition coefficient (Wildman–Crippen LogP) is 2.91. The average molecular weight is 187 g/mol. The molecule has 0 spiro atoms. The molecule has 0 saturated carbocycles. The van der Waals surface area contributed by atoms with Crippen molar-refractivity contribution in [2.24, 2.45) is 5.11 Å². The highest BCUT2D eigenvalue weighted by atomic mass is 19.2. The first-order chi connectivity index (χ1) is 6.15. The van der Waals surface area contributed by atoms with E-state index in [1.807, 2.05) is 0 Å². The van der Waals surface area contributed by atoms with E-state index in [-0.39, 0.29) is 12.1 Å². The van der Waals surface area contributed by atoms with E-state index >= 15 is 0 Å². The second kappa shape index (κ2) is 3.82. The van der Waals surface area contributed by atoms with Crippen LogP contribution in [0.3, 0.4) is 0 Å². The molecule has 0 heterocycles. The van der Waals surface area contributed by atoms with Gasteiger partial charge in [-0.05, 0) is 23.2 Å². The maximum atomic E-state index is 12.5. The number of hydrogen-bond donors (Lipinski definition) is 0. The Balaban J connectivity index is 3.05. The molecule has 0 bridgehead atoms. The van der Waals surface area contributed by atoms with Gasteiger partial charge in [-0.3, -0.25) is 0 Å². The molecule has 0 aliphatic heterocycles. The Bertz CT molecular complexity index is 348. The Morgan fingerprint density at radius 3 is 2.23 bits per heavy atom. The highest BCUT2D eigenvalue weighted by molar-refractivity contribution is 5.19. The predicted molar refractivity (Wildman–Crippen MR) is 39.2 cm³/mol. The van der Waals surface area contributed by atoms with E-state index in [2.05, 4.69) is 10.0 Å². The summed E-state index contributed by atoms with van der Waals surface area (Å²) >= 11 is 0. The lowest BCUT2D eigenvalue weighted by molar-refractivity contribution is 0.445. The summed E-state index contributed by atoms with van der Waals surface area (Å²) in [5.41, 5.74) is 8.01. The molecule has 0 aliphatic carbocycles. The van der Waals surface area contributed by atoms with Gasteiger partial charge in [0.1, 0.15) is 0 Å². The Morgan fingerprint density at radius 1 is 1.23 bits per heavy atom. The summed E-state index contributed by atoms with van der Waals surface area (Å²) in [5.74, 6) is -4.10. The number of rotatable bonds is 2. The fourth-order valence-corrected chi connectivity index (χ4v) is 0.813. The molecule has 6 heteroatoms. The van der Waals surface area contributed by atoms with Gasteiger partial charge in [0, 0.05) is 4.91 Å². The third kappa shape index (κ3) is 2.13. The molecule has 68 valence electrons. The lowest BCUT2D eigenvalue weighted by Gasteiger charge is -1.98. The molecule has 1 rings (SSSR count). The van der Waals surface area contributed by atoms with Crippen molar-refractivity contribution < 1.29 is 13.2 Å². The summed E-state index contributed by atoms with van der Waals surface area (Å²) in [7, 11) is 0. The molecule has 0 amide bonds. The highest BCUT2D eigenvalue weighted by Crippen LogP contribution is 2.14. The first kappa shape index (κ1) is 9.41. The molecule has 0 aliphatic rings. The number of nitrogens with zero attached hydrogens (tertiary/aromatic N) is 3. The van der Waals surface area contributed by atoms with Crippen LogP contribution in [0.4, 0.5) is 13.2 Å². The van der Waals surface area contributed by atoms with E-state index < -0.39 is 17.5 Å². The largest absolute Gasteiger partial charge is 0.204 e. The zero-order valence-corrected chi connectivity index (χ0v) is 6.34. The summed E-state index contributed by atoms with van der Waals surface area (Å²) < 4.78 is 37.4. The zero-order valence-electron chi connectivity index (χ0n) is 6.34. The number of hydrogen-bond acceptors (Lipinski definition) is 1. The van der Waals surface area contributed by atoms with Crippen LogP contribution >= 0.6 is 0 Å². The van der Waals surface area contributed by atoms with Crippen LogP contribution in [-0.2, 0) is 6.54 Å². The standard InChI is InChI=1S/C7H4F3N3/c8-5-1-4(3-12-13-11)2-6(9)7(5)10/h1-2H,3H2. The van der Waals surface area contributed by atoms with E-state index in [0.29, 0.717) is 0 Å². The third-order valence-electron chi connectivity index (χ3n) is 1.36. The first-order valence-electron chi connectivity index (χ1n) is 3.29. The Kier molecular flexibility index (Phi) is 2.76. The minimum absolute atomic E-state index is 0.0919. The van der Waals surface area contributed by atoms with Gasteiger partial charge < -0.3 is 0 Å². The summed E-state index contributed by atoms with van der Waals surface area (Å²) in [4.78, 5) is 2.40. The van der Waals surface area contributed by atoms with Crippen LogP contribution < -0.4 is 0 Å². The fraction of sp³-hybridized carbons (Fsp3) is 0.143. The van der Waals surface area contributed by atoms with E-state index in [1.54, 1.807) is 0 Å². The van der Waals surface area contributed by atoms with E-state index in [9.17, 15) is 13.2 Å². The SMILES string of the molecule is [N-]=[N+]=NCc1cc(F)c(F)c(F)c1. The number of azide groups is 1. The molecule has 1 aromatic carbocycles. The van der Waals surface area contributed by atoms with E-state index in [1.165, 1.54) is 0 Å². The van der Waals surface area contributed by atoms with Gasteiger partial charge in [0.15, 0.2) is 17.5 Å². The van der Waals surface area contributed by atoms with Gasteiger partial charge in [-0.1, -0.05) is 5.11 Å². The van der Waals surface area contributed by atoms with Crippen molar-refractivity contribution in [2.75, 3.05) is 0 Å². The minimum Gasteiger partial charge on any atom is -0.204 e. The van der Waals surface area contributed by atoms with Gasteiger partial charge in [0.05, 0.1) is 6.54 Å². The fourth-order valence-electron chi connectivity index (χ4n) is 0.813. The topological polar surface area (TPSA) is 48.8 Å². The molecule has 0 fully saturated rings. The van der Waals surface area contributed by atoms with E-state index in [4.69, 9.17) is 5.53 Å². The molecular weight excluding hydrogens is 183 g/mol. The minimum atomic E-state index is -1.52. The number of benzene rings is 1. The molecule has 3 nitrogen and oxygen atoms in total. The Morgan fingerprint density at radius 2 is 1.77 bits per heavy atom. The normalized spacial score (nSPS) is 9.46. The molecule has 0 atom stereocenters. The highest BCUT2D eigenvalue weighted by Gasteiger charge is 2.09. The van der Waals surface area contributed by atoms with Gasteiger partial charge >= 0.3 is 0 Å². The van der Waals surface area contributed by atoms with Crippen LogP contribution in [0.15, 0.2) is 17.2 Å². The molecule has 0 radical (unpaired) electrons. The maximum absolute atomic E-state index is 12.5. The van der Waals surface area contributed by atoms with Crippen LogP contribution in [0.2, 0.25) is 0 Å². The van der Waals surface area contributed by atoms with Crippen molar-refractivity contribution in [3.63, 3.8) is 0 Å². The van der Waals surface area contributed by atoms with Crippen molar-refractivity contribution in [2.45, 2.75) is 6.54 Å². The Hall–Kier alpha value is -1.68. The lowest BCUT2D eigenvalue weighted by Crippen LogP contribution is -1.93. The lowest BCUT2D eigenvalue weighted by atomic mass is 10.2. The third-order valence-corrected chi connectivity index (χ3v) is 1.36. The van der Waals surface area contributed by atoms with Gasteiger partial charge in [-0.15, -0.1) is 0 Å². The smallest absolute Gasteiger partial charge is 0.194 e. The van der Waals surface area contributed by atoms with Crippen molar-refractivity contribution in [3.8, 4) is 0 Å². The molecule has 1 aromatic rings. The van der Waals surface area contributed by atoms with Crippen molar-refractivity contribution >= 4 is 0 Å². The summed E-state index contributed by atoms with van der Waals surface area (Å²) in [6.45, 7) is -0.204. The summed E-state index contributed by atoms with van der Waals surface area (Å²) in [6, 6.07) is 1.57. The van der Waals surface area contributed by atoms with Crippen LogP contribution in [0.1, 0.15) is 5.56 Å². The summed E-state index contributed by atoms with van der Waals surface area (Å²) in [5, 5.41) is 3.08. The maximum Gasteiger partial charge on any atom is 0.194 e. The van der Waals surface area contributed by atoms with Gasteiger partial charge in [0.2, 0.25) is 0 Å². The first-order valence-corrected chi connectivity index (χ1v) is 3.29. The second-order valence-electron chi connectivity index (χ2n) is 2.26. The van der Waals surface area contributed by atoms with Crippen LogP contribution in [0.5, 0.6) is 0 Å². The van der Waals surface area contributed by atoms with Crippen LogP contribution in [0, 0.1) is 17.5 Å². The van der Waals surface area contributed by atoms with Gasteiger partial charge in [0.25, 0.3) is 0 Å². The molecular formula is C7H4F3N3. The molecule has 0 saturated heterocycles. The Labute approximate surface area is 71.4 Å². The van der Waals surface area contributed by atoms with Gasteiger partial charge in [-0.25, -0.2) is 13.2 Å². The molecule has 13 heavy (non-hydrogen) atoms. The van der Waals surface area contributed by atoms with Crippen LogP contribution in [0.25, 0.3) is 10.4 Å². The molecule has 0 aromatic heterocycles. The average Bonchev–Trinajstić information content (AvgIpc) is 2.10. The molecule has 0 unspecified atom stereocenters. The molecule has 0 N–H and O–H groups in total. The van der Waals surface area contributed by atoms with Crippen LogP contribution in [-0.4, -0.2) is 0 Å². The monoisotopic (exact) mass is 187 g/mol. The van der Waals surface area contributed by atoms with Crippen molar-refractivity contribution in [1.29, 1.82) is 0 Å². The second-order valence-corrected chi connectivity index (χ2v) is 2.26. The van der Waals surface area contributed by atoms with E-state index in [0.717, 1.165) is 12.1 Å². The quantitative estimate of drug-likeness (QED) is 0.296. The van der Waals surface area contributed by atoms with Gasteiger partial charge in [-0.2, -0.15) is 0 Å². The van der Waals surface area contributed by atoms with Crippen molar-refractivity contribution in [1.82, 2.24) is 0 Å². The van der Waals surface area contributed by atoms with Crippen molar-refractivity contribution in [3.05, 3.63) is 45.6 Å². The zero-order chi connectivity index (χ0) is 9.84.